The van der Waals surface area contributed by atoms with Crippen LogP contribution in [-0.4, -0.2) is 43.7 Å². The van der Waals surface area contributed by atoms with Crippen molar-refractivity contribution in [1.82, 2.24) is 19.6 Å². The number of benzene rings is 1. The van der Waals surface area contributed by atoms with Crippen LogP contribution in [0.1, 0.15) is 49.3 Å². The number of fused-ring (bicyclic) bond motifs is 1. The molecule has 0 unspecified atom stereocenters. The molecule has 3 aromatic heterocycles. The van der Waals surface area contributed by atoms with E-state index in [2.05, 4.69) is 28.9 Å². The van der Waals surface area contributed by atoms with Crippen LogP contribution in [0.2, 0.25) is 0 Å². The first-order chi connectivity index (χ1) is 16.3. The van der Waals surface area contributed by atoms with E-state index in [1.807, 2.05) is 53.9 Å². The van der Waals surface area contributed by atoms with Gasteiger partial charge in [-0.25, -0.2) is 4.98 Å². The Morgan fingerprint density at radius 2 is 1.88 bits per heavy atom. The largest absolute Gasteiger partial charge is 0.481 e. The predicted molar refractivity (Wildman–Crippen MR) is 129 cm³/mol. The molecule has 1 saturated heterocycles. The number of hydrogen-bond acceptors (Lipinski definition) is 6. The first-order valence-corrected chi connectivity index (χ1v) is 11.6. The Balaban J connectivity index is 1.54. The predicted octanol–water partition coefficient (Wildman–Crippen LogP) is 4.54. The van der Waals surface area contributed by atoms with E-state index in [0.717, 1.165) is 54.1 Å². The molecule has 0 saturated carbocycles. The van der Waals surface area contributed by atoms with Crippen LogP contribution in [0.5, 0.6) is 0 Å². The number of rotatable bonds is 6. The van der Waals surface area contributed by atoms with Gasteiger partial charge in [-0.05, 0) is 42.4 Å². The lowest BCUT2D eigenvalue weighted by Crippen LogP contribution is -2.39. The molecule has 1 aliphatic heterocycles. The van der Waals surface area contributed by atoms with Gasteiger partial charge in [-0.3, -0.25) is 9.20 Å². The SMILES string of the molecule is Cc1cc2nc(-c3nnc(Cc4ccccc4)o3)cn2c(N2CCC(C)(C)CC2)c1CC(=O)O. The van der Waals surface area contributed by atoms with Crippen LogP contribution in [0, 0.1) is 12.3 Å². The fraction of sp³-hybridized carbons (Fsp3) is 0.385. The molecule has 0 atom stereocenters. The van der Waals surface area contributed by atoms with Crippen molar-refractivity contribution in [2.75, 3.05) is 18.0 Å². The molecule has 8 heteroatoms. The third-order valence-corrected chi connectivity index (χ3v) is 6.68. The molecule has 0 amide bonds. The molecule has 1 aromatic carbocycles. The lowest BCUT2D eigenvalue weighted by atomic mass is 9.82. The minimum atomic E-state index is -0.844. The van der Waals surface area contributed by atoms with E-state index >= 15 is 0 Å². The number of aryl methyl sites for hydroxylation is 1. The first kappa shape index (κ1) is 22.1. The second-order valence-corrected chi connectivity index (χ2v) is 9.87. The average molecular weight is 460 g/mol. The van der Waals surface area contributed by atoms with Gasteiger partial charge >= 0.3 is 5.97 Å². The summed E-state index contributed by atoms with van der Waals surface area (Å²) in [4.78, 5) is 18.8. The Kier molecular flexibility index (Phi) is 5.59. The van der Waals surface area contributed by atoms with Crippen molar-refractivity contribution in [1.29, 1.82) is 0 Å². The van der Waals surface area contributed by atoms with Crippen LogP contribution < -0.4 is 4.90 Å². The molecule has 1 fully saturated rings. The summed E-state index contributed by atoms with van der Waals surface area (Å²) in [5.74, 6) is 0.941. The van der Waals surface area contributed by atoms with Crippen LogP contribution in [-0.2, 0) is 17.6 Å². The van der Waals surface area contributed by atoms with Gasteiger partial charge < -0.3 is 14.4 Å². The Morgan fingerprint density at radius 1 is 1.15 bits per heavy atom. The number of nitrogens with zero attached hydrogens (tertiary/aromatic N) is 5. The molecule has 8 nitrogen and oxygen atoms in total. The maximum atomic E-state index is 11.7. The van der Waals surface area contributed by atoms with Gasteiger partial charge in [0.1, 0.15) is 17.2 Å². The van der Waals surface area contributed by atoms with Crippen LogP contribution >= 0.6 is 0 Å². The molecule has 0 bridgehead atoms. The van der Waals surface area contributed by atoms with Crippen molar-refractivity contribution in [2.45, 2.75) is 46.5 Å². The minimum absolute atomic E-state index is 0.0354. The summed E-state index contributed by atoms with van der Waals surface area (Å²) in [5, 5.41) is 18.0. The summed E-state index contributed by atoms with van der Waals surface area (Å²) in [7, 11) is 0. The van der Waals surface area contributed by atoms with Crippen molar-refractivity contribution < 1.29 is 14.3 Å². The Labute approximate surface area is 198 Å². The zero-order chi connectivity index (χ0) is 23.9. The number of aliphatic carboxylic acids is 1. The van der Waals surface area contributed by atoms with Crippen LogP contribution in [0.4, 0.5) is 5.82 Å². The highest BCUT2D eigenvalue weighted by Crippen LogP contribution is 2.36. The monoisotopic (exact) mass is 459 g/mol. The lowest BCUT2D eigenvalue weighted by Gasteiger charge is -2.39. The Morgan fingerprint density at radius 3 is 2.59 bits per heavy atom. The molecule has 0 aliphatic carbocycles. The number of imidazole rings is 1. The van der Waals surface area contributed by atoms with Gasteiger partial charge in [0.15, 0.2) is 0 Å². The minimum Gasteiger partial charge on any atom is -0.481 e. The van der Waals surface area contributed by atoms with Gasteiger partial charge in [0.05, 0.1) is 12.8 Å². The smallest absolute Gasteiger partial charge is 0.307 e. The zero-order valence-corrected chi connectivity index (χ0v) is 19.8. The molecule has 4 heterocycles. The third-order valence-electron chi connectivity index (χ3n) is 6.68. The molecule has 0 radical (unpaired) electrons. The van der Waals surface area contributed by atoms with Gasteiger partial charge in [0.25, 0.3) is 5.89 Å². The van der Waals surface area contributed by atoms with Gasteiger partial charge in [-0.2, -0.15) is 0 Å². The lowest BCUT2D eigenvalue weighted by molar-refractivity contribution is -0.136. The highest BCUT2D eigenvalue weighted by Gasteiger charge is 2.29. The average Bonchev–Trinajstić information content (AvgIpc) is 3.42. The normalized spacial score (nSPS) is 15.7. The number of anilines is 1. The molecule has 1 aliphatic rings. The summed E-state index contributed by atoms with van der Waals surface area (Å²) < 4.78 is 7.92. The fourth-order valence-electron chi connectivity index (χ4n) is 4.61. The summed E-state index contributed by atoms with van der Waals surface area (Å²) in [6.45, 7) is 8.26. The summed E-state index contributed by atoms with van der Waals surface area (Å²) in [6.07, 6.45) is 4.49. The van der Waals surface area contributed by atoms with Crippen molar-refractivity contribution >= 4 is 17.4 Å². The number of aromatic nitrogens is 4. The second kappa shape index (κ2) is 8.59. The van der Waals surface area contributed by atoms with Gasteiger partial charge in [0, 0.05) is 24.8 Å². The topological polar surface area (TPSA) is 96.8 Å². The van der Waals surface area contributed by atoms with Gasteiger partial charge in [0.2, 0.25) is 5.89 Å². The summed E-state index contributed by atoms with van der Waals surface area (Å²) >= 11 is 0. The molecule has 34 heavy (non-hydrogen) atoms. The number of carboxylic acids is 1. The number of carboxylic acid groups (broad SMARTS) is 1. The number of carbonyl (C=O) groups is 1. The first-order valence-electron chi connectivity index (χ1n) is 11.6. The summed E-state index contributed by atoms with van der Waals surface area (Å²) in [5.41, 5.74) is 4.44. The van der Waals surface area contributed by atoms with Gasteiger partial charge in [-0.15, -0.1) is 10.2 Å². The second-order valence-electron chi connectivity index (χ2n) is 9.87. The van der Waals surface area contributed by atoms with Crippen molar-refractivity contribution in [3.05, 3.63) is 65.2 Å². The Hall–Kier alpha value is -3.68. The molecular formula is C26H29N5O3. The van der Waals surface area contributed by atoms with Crippen molar-refractivity contribution in [3.8, 4) is 11.6 Å². The van der Waals surface area contributed by atoms with E-state index in [-0.39, 0.29) is 11.8 Å². The number of pyridine rings is 1. The highest BCUT2D eigenvalue weighted by molar-refractivity contribution is 5.75. The molecule has 0 spiro atoms. The standard InChI is InChI=1S/C26H29N5O3/c1-17-13-21-27-20(24-29-28-22(34-24)14-18-7-5-4-6-8-18)16-31(21)25(19(17)15-23(32)33)30-11-9-26(2,3)10-12-30/h4-8,13,16H,9-12,14-15H2,1-3H3,(H,32,33). The van der Waals surface area contributed by atoms with E-state index in [1.165, 1.54) is 0 Å². The third kappa shape index (κ3) is 4.40. The van der Waals surface area contributed by atoms with E-state index in [9.17, 15) is 9.90 Å². The molecule has 1 N–H and O–H groups in total. The Bertz CT molecular complexity index is 1330. The molecule has 5 rings (SSSR count). The van der Waals surface area contributed by atoms with E-state index < -0.39 is 5.97 Å². The quantitative estimate of drug-likeness (QED) is 0.452. The van der Waals surface area contributed by atoms with E-state index in [4.69, 9.17) is 9.40 Å². The summed E-state index contributed by atoms with van der Waals surface area (Å²) in [6, 6.07) is 11.9. The molecule has 4 aromatic rings. The van der Waals surface area contributed by atoms with Crippen molar-refractivity contribution in [2.24, 2.45) is 5.41 Å². The van der Waals surface area contributed by atoms with Crippen molar-refractivity contribution in [3.63, 3.8) is 0 Å². The zero-order valence-electron chi connectivity index (χ0n) is 19.8. The van der Waals surface area contributed by atoms with Gasteiger partial charge in [-0.1, -0.05) is 44.2 Å². The molecule has 176 valence electrons. The van der Waals surface area contributed by atoms with E-state index in [1.54, 1.807) is 0 Å². The van der Waals surface area contributed by atoms with Crippen LogP contribution in [0.25, 0.3) is 17.2 Å². The van der Waals surface area contributed by atoms with Crippen LogP contribution in [0.3, 0.4) is 0 Å². The van der Waals surface area contributed by atoms with E-state index in [0.29, 0.717) is 23.9 Å². The number of piperidine rings is 1. The highest BCUT2D eigenvalue weighted by atomic mass is 16.4. The number of hydrogen-bond donors (Lipinski definition) is 1. The maximum Gasteiger partial charge on any atom is 0.307 e. The maximum absolute atomic E-state index is 11.7. The molecular weight excluding hydrogens is 430 g/mol. The van der Waals surface area contributed by atoms with Crippen LogP contribution in [0.15, 0.2) is 47.0 Å². The fourth-order valence-corrected chi connectivity index (χ4v) is 4.61.